The van der Waals surface area contributed by atoms with Crippen molar-refractivity contribution in [3.63, 3.8) is 0 Å². The fraction of sp³-hybridized carbons (Fsp3) is 0.296. The average molecular weight is 382 g/mol. The Balaban J connectivity index is 1.79. The molecule has 0 aliphatic heterocycles. The molecule has 1 aliphatic rings. The standard InChI is InChI=1S/C27H27NO/c29-18-17-25(21-10-3-1-4-11-21)28-26-16-15-20-9-7-8-14-23(20)24(26)19-27(28)22-12-5-2-6-13-22/h2,5-9,12-16,18-19,21,25H,1,3-4,10-11,17H2. The summed E-state index contributed by atoms with van der Waals surface area (Å²) in [4.78, 5) is 11.7. The number of carbonyl (C=O) groups excluding carboxylic acids is 1. The summed E-state index contributed by atoms with van der Waals surface area (Å²) in [6, 6.07) is 26.3. The molecule has 1 fully saturated rings. The van der Waals surface area contributed by atoms with E-state index in [9.17, 15) is 4.79 Å². The molecule has 0 N–H and O–H groups in total. The number of hydrogen-bond donors (Lipinski definition) is 0. The van der Waals surface area contributed by atoms with Crippen molar-refractivity contribution in [2.75, 3.05) is 0 Å². The van der Waals surface area contributed by atoms with E-state index < -0.39 is 0 Å². The van der Waals surface area contributed by atoms with Crippen LogP contribution in [0.1, 0.15) is 44.6 Å². The van der Waals surface area contributed by atoms with E-state index in [1.54, 1.807) is 0 Å². The maximum absolute atomic E-state index is 11.7. The van der Waals surface area contributed by atoms with E-state index in [-0.39, 0.29) is 6.04 Å². The maximum atomic E-state index is 11.7. The fourth-order valence-electron chi connectivity index (χ4n) is 5.30. The monoisotopic (exact) mass is 381 g/mol. The van der Waals surface area contributed by atoms with Crippen LogP contribution in [0.5, 0.6) is 0 Å². The van der Waals surface area contributed by atoms with Gasteiger partial charge >= 0.3 is 0 Å². The zero-order valence-corrected chi connectivity index (χ0v) is 16.8. The fourth-order valence-corrected chi connectivity index (χ4v) is 5.30. The summed E-state index contributed by atoms with van der Waals surface area (Å²) in [5.41, 5.74) is 3.70. The molecule has 0 spiro atoms. The normalized spacial score (nSPS) is 16.3. The van der Waals surface area contributed by atoms with Gasteiger partial charge in [-0.2, -0.15) is 0 Å². The van der Waals surface area contributed by atoms with Crippen molar-refractivity contribution in [2.24, 2.45) is 5.92 Å². The SMILES string of the molecule is O=CCC(C1CCCCC1)n1c(-c2ccccc2)cc2c3ccccc3ccc21. The first-order chi connectivity index (χ1) is 14.4. The summed E-state index contributed by atoms with van der Waals surface area (Å²) < 4.78 is 2.49. The highest BCUT2D eigenvalue weighted by Gasteiger charge is 2.28. The Kier molecular flexibility index (Phi) is 4.93. The lowest BCUT2D eigenvalue weighted by Gasteiger charge is -2.32. The van der Waals surface area contributed by atoms with Gasteiger partial charge in [-0.3, -0.25) is 0 Å². The number of hydrogen-bond acceptors (Lipinski definition) is 1. The lowest BCUT2D eigenvalue weighted by molar-refractivity contribution is -0.108. The molecule has 1 saturated carbocycles. The van der Waals surface area contributed by atoms with Crippen molar-refractivity contribution in [1.29, 1.82) is 0 Å². The zero-order valence-electron chi connectivity index (χ0n) is 16.8. The van der Waals surface area contributed by atoms with Crippen LogP contribution in [0.2, 0.25) is 0 Å². The highest BCUT2D eigenvalue weighted by atomic mass is 16.1. The lowest BCUT2D eigenvalue weighted by atomic mass is 9.82. The minimum absolute atomic E-state index is 0.224. The van der Waals surface area contributed by atoms with Crippen molar-refractivity contribution in [1.82, 2.24) is 4.57 Å². The van der Waals surface area contributed by atoms with E-state index >= 15 is 0 Å². The lowest BCUT2D eigenvalue weighted by Crippen LogP contribution is -2.23. The number of fused-ring (bicyclic) bond motifs is 3. The largest absolute Gasteiger partial charge is 0.337 e. The minimum Gasteiger partial charge on any atom is -0.337 e. The third kappa shape index (κ3) is 3.27. The molecule has 4 aromatic rings. The van der Waals surface area contributed by atoms with Gasteiger partial charge in [0.1, 0.15) is 6.29 Å². The third-order valence-corrected chi connectivity index (χ3v) is 6.68. The first kappa shape index (κ1) is 18.2. The average Bonchev–Trinajstić information content (AvgIpc) is 3.18. The molecule has 2 heteroatoms. The second-order valence-electron chi connectivity index (χ2n) is 8.35. The molecule has 0 radical (unpaired) electrons. The number of aromatic nitrogens is 1. The van der Waals surface area contributed by atoms with Gasteiger partial charge in [-0.15, -0.1) is 0 Å². The Morgan fingerprint density at radius 2 is 1.62 bits per heavy atom. The van der Waals surface area contributed by atoms with Crippen LogP contribution in [-0.2, 0) is 4.79 Å². The Morgan fingerprint density at radius 1 is 0.862 bits per heavy atom. The van der Waals surface area contributed by atoms with Crippen LogP contribution in [-0.4, -0.2) is 10.9 Å². The molecule has 1 unspecified atom stereocenters. The van der Waals surface area contributed by atoms with Gasteiger partial charge < -0.3 is 9.36 Å². The van der Waals surface area contributed by atoms with Crippen LogP contribution in [0.25, 0.3) is 32.9 Å². The van der Waals surface area contributed by atoms with Crippen molar-refractivity contribution >= 4 is 28.0 Å². The molecule has 2 nitrogen and oxygen atoms in total. The van der Waals surface area contributed by atoms with Crippen molar-refractivity contribution in [2.45, 2.75) is 44.6 Å². The highest BCUT2D eigenvalue weighted by molar-refractivity contribution is 6.08. The van der Waals surface area contributed by atoms with Crippen LogP contribution in [0.3, 0.4) is 0 Å². The molecular weight excluding hydrogens is 354 g/mol. The van der Waals surface area contributed by atoms with Crippen molar-refractivity contribution in [3.05, 3.63) is 72.8 Å². The number of nitrogens with zero attached hydrogens (tertiary/aromatic N) is 1. The summed E-state index contributed by atoms with van der Waals surface area (Å²) in [6.45, 7) is 0. The summed E-state index contributed by atoms with van der Waals surface area (Å²) in [6.07, 6.45) is 8.04. The predicted octanol–water partition coefficient (Wildman–Crippen LogP) is 7.17. The predicted molar refractivity (Wildman–Crippen MR) is 121 cm³/mol. The van der Waals surface area contributed by atoms with Crippen LogP contribution < -0.4 is 0 Å². The second-order valence-corrected chi connectivity index (χ2v) is 8.35. The van der Waals surface area contributed by atoms with Crippen molar-refractivity contribution < 1.29 is 4.79 Å². The first-order valence-electron chi connectivity index (χ1n) is 10.9. The summed E-state index contributed by atoms with van der Waals surface area (Å²) in [5.74, 6) is 0.568. The molecule has 146 valence electrons. The molecule has 29 heavy (non-hydrogen) atoms. The third-order valence-electron chi connectivity index (χ3n) is 6.68. The Morgan fingerprint density at radius 3 is 2.41 bits per heavy atom. The molecular formula is C27H27NO. The quantitative estimate of drug-likeness (QED) is 0.336. The van der Waals surface area contributed by atoms with Gasteiger partial charge in [0, 0.05) is 29.1 Å². The molecule has 5 rings (SSSR count). The van der Waals surface area contributed by atoms with Gasteiger partial charge in [0.25, 0.3) is 0 Å². The van der Waals surface area contributed by atoms with E-state index in [2.05, 4.69) is 77.4 Å². The van der Waals surface area contributed by atoms with Gasteiger partial charge in [0.15, 0.2) is 0 Å². The molecule has 0 amide bonds. The smallest absolute Gasteiger partial charge is 0.122 e. The van der Waals surface area contributed by atoms with E-state index in [1.807, 2.05) is 0 Å². The van der Waals surface area contributed by atoms with Gasteiger partial charge in [0.2, 0.25) is 0 Å². The first-order valence-corrected chi connectivity index (χ1v) is 10.9. The Bertz CT molecular complexity index is 1140. The van der Waals surface area contributed by atoms with E-state index in [1.165, 1.54) is 65.0 Å². The van der Waals surface area contributed by atoms with Crippen molar-refractivity contribution in [3.8, 4) is 11.3 Å². The molecule has 3 aromatic carbocycles. The molecule has 0 saturated heterocycles. The minimum atomic E-state index is 0.224. The van der Waals surface area contributed by atoms with E-state index in [0.717, 1.165) is 6.29 Å². The number of aldehydes is 1. The summed E-state index contributed by atoms with van der Waals surface area (Å²) in [5, 5.41) is 3.84. The summed E-state index contributed by atoms with van der Waals surface area (Å²) >= 11 is 0. The van der Waals surface area contributed by atoms with Gasteiger partial charge in [-0.25, -0.2) is 0 Å². The highest BCUT2D eigenvalue weighted by Crippen LogP contribution is 2.42. The number of rotatable bonds is 5. The summed E-state index contributed by atoms with van der Waals surface area (Å²) in [7, 11) is 0. The van der Waals surface area contributed by atoms with Gasteiger partial charge in [-0.05, 0) is 47.2 Å². The Labute approximate surface area is 172 Å². The van der Waals surface area contributed by atoms with Crippen LogP contribution in [0, 0.1) is 5.92 Å². The Hall–Kier alpha value is -2.87. The van der Waals surface area contributed by atoms with Crippen LogP contribution >= 0.6 is 0 Å². The second kappa shape index (κ2) is 7.87. The molecule has 0 bridgehead atoms. The molecule has 1 atom stereocenters. The maximum Gasteiger partial charge on any atom is 0.122 e. The van der Waals surface area contributed by atoms with Crippen LogP contribution in [0.15, 0.2) is 72.8 Å². The number of benzene rings is 3. The molecule has 1 aromatic heterocycles. The molecule has 1 aliphatic carbocycles. The van der Waals surface area contributed by atoms with Crippen LogP contribution in [0.4, 0.5) is 0 Å². The van der Waals surface area contributed by atoms with Gasteiger partial charge in [0.05, 0.1) is 0 Å². The van der Waals surface area contributed by atoms with E-state index in [4.69, 9.17) is 0 Å². The van der Waals surface area contributed by atoms with Gasteiger partial charge in [-0.1, -0.05) is 79.9 Å². The number of carbonyl (C=O) groups is 1. The topological polar surface area (TPSA) is 22.0 Å². The molecule has 1 heterocycles. The zero-order chi connectivity index (χ0) is 19.6. The van der Waals surface area contributed by atoms with E-state index in [0.29, 0.717) is 12.3 Å².